The third kappa shape index (κ3) is 4.29. The Bertz CT molecular complexity index is 806. The Morgan fingerprint density at radius 2 is 1.67 bits per heavy atom. The van der Waals surface area contributed by atoms with E-state index in [1.807, 2.05) is 30.3 Å². The summed E-state index contributed by atoms with van der Waals surface area (Å²) in [6.07, 6.45) is -4.79. The SMILES string of the molecule is FC(F)(F)Oc1ccccc1-c1nnc(SCc2ccccc2)o1. The number of para-hydroxylation sites is 1. The fraction of sp³-hybridized carbons (Fsp3) is 0.125. The van der Waals surface area contributed by atoms with Gasteiger partial charge in [-0.25, -0.2) is 0 Å². The lowest BCUT2D eigenvalue weighted by Crippen LogP contribution is -2.17. The largest absolute Gasteiger partial charge is 0.573 e. The summed E-state index contributed by atoms with van der Waals surface area (Å²) in [5.74, 6) is 0.210. The van der Waals surface area contributed by atoms with Crippen LogP contribution in [0.1, 0.15) is 5.56 Å². The first-order valence-corrected chi connectivity index (χ1v) is 7.85. The van der Waals surface area contributed by atoms with Crippen LogP contribution in [0.4, 0.5) is 13.2 Å². The summed E-state index contributed by atoms with van der Waals surface area (Å²) < 4.78 is 46.8. The van der Waals surface area contributed by atoms with Crippen LogP contribution >= 0.6 is 11.8 Å². The van der Waals surface area contributed by atoms with Gasteiger partial charge in [-0.1, -0.05) is 54.2 Å². The standard InChI is InChI=1S/C16H11F3N2O2S/c17-16(18,19)23-13-9-5-4-8-12(13)14-20-21-15(22-14)24-10-11-6-2-1-3-7-11/h1-9H,10H2. The lowest BCUT2D eigenvalue weighted by atomic mass is 10.2. The highest BCUT2D eigenvalue weighted by Gasteiger charge is 2.32. The van der Waals surface area contributed by atoms with Gasteiger partial charge in [0.15, 0.2) is 0 Å². The number of hydrogen-bond acceptors (Lipinski definition) is 5. The maximum atomic E-state index is 12.5. The molecule has 0 spiro atoms. The van der Waals surface area contributed by atoms with Gasteiger partial charge in [0.1, 0.15) is 5.75 Å². The zero-order chi connectivity index (χ0) is 17.0. The van der Waals surface area contributed by atoms with Gasteiger partial charge in [-0.05, 0) is 17.7 Å². The summed E-state index contributed by atoms with van der Waals surface area (Å²) in [6.45, 7) is 0. The summed E-state index contributed by atoms with van der Waals surface area (Å²) in [7, 11) is 0. The predicted molar refractivity (Wildman–Crippen MR) is 82.4 cm³/mol. The molecule has 0 bridgehead atoms. The number of aromatic nitrogens is 2. The Labute approximate surface area is 139 Å². The van der Waals surface area contributed by atoms with E-state index >= 15 is 0 Å². The van der Waals surface area contributed by atoms with Gasteiger partial charge >= 0.3 is 6.36 Å². The highest BCUT2D eigenvalue weighted by Crippen LogP contribution is 2.34. The molecule has 3 aromatic rings. The molecule has 0 saturated carbocycles. The van der Waals surface area contributed by atoms with E-state index in [1.165, 1.54) is 30.0 Å². The first-order chi connectivity index (χ1) is 11.5. The van der Waals surface area contributed by atoms with Crippen molar-refractivity contribution in [2.45, 2.75) is 17.3 Å². The van der Waals surface area contributed by atoms with Crippen molar-refractivity contribution >= 4 is 11.8 Å². The van der Waals surface area contributed by atoms with E-state index < -0.39 is 6.36 Å². The molecule has 0 radical (unpaired) electrons. The minimum absolute atomic E-state index is 0.0228. The summed E-state index contributed by atoms with van der Waals surface area (Å²) in [5, 5.41) is 7.93. The van der Waals surface area contributed by atoms with Crippen LogP contribution in [-0.4, -0.2) is 16.6 Å². The second-order valence-corrected chi connectivity index (χ2v) is 5.62. The molecule has 4 nitrogen and oxygen atoms in total. The molecule has 0 fully saturated rings. The van der Waals surface area contributed by atoms with E-state index in [0.717, 1.165) is 5.56 Å². The van der Waals surface area contributed by atoms with Crippen molar-refractivity contribution in [2.75, 3.05) is 0 Å². The zero-order valence-corrected chi connectivity index (χ0v) is 13.0. The van der Waals surface area contributed by atoms with Crippen molar-refractivity contribution in [3.05, 3.63) is 60.2 Å². The zero-order valence-electron chi connectivity index (χ0n) is 12.2. The molecule has 0 aliphatic carbocycles. The van der Waals surface area contributed by atoms with E-state index in [1.54, 1.807) is 6.07 Å². The maximum absolute atomic E-state index is 12.5. The first-order valence-electron chi connectivity index (χ1n) is 6.87. The minimum atomic E-state index is -4.79. The number of rotatable bonds is 5. The monoisotopic (exact) mass is 352 g/mol. The van der Waals surface area contributed by atoms with Gasteiger partial charge in [0.2, 0.25) is 0 Å². The maximum Gasteiger partial charge on any atom is 0.573 e. The lowest BCUT2D eigenvalue weighted by molar-refractivity contribution is -0.274. The number of benzene rings is 2. The normalized spacial score (nSPS) is 11.5. The van der Waals surface area contributed by atoms with Crippen LogP contribution in [0.5, 0.6) is 5.75 Å². The molecule has 0 aliphatic heterocycles. The second-order valence-electron chi connectivity index (χ2n) is 4.69. The molecule has 0 atom stereocenters. The first kappa shape index (κ1) is 16.4. The van der Waals surface area contributed by atoms with Crippen LogP contribution in [0, 0.1) is 0 Å². The summed E-state index contributed by atoms with van der Waals surface area (Å²) in [6, 6.07) is 15.3. The van der Waals surface area contributed by atoms with E-state index in [4.69, 9.17) is 4.42 Å². The molecular weight excluding hydrogens is 341 g/mol. The van der Waals surface area contributed by atoms with E-state index in [0.29, 0.717) is 5.75 Å². The molecule has 0 N–H and O–H groups in total. The summed E-state index contributed by atoms with van der Waals surface area (Å²) >= 11 is 1.30. The van der Waals surface area contributed by atoms with Crippen LogP contribution < -0.4 is 4.74 Å². The van der Waals surface area contributed by atoms with Crippen LogP contribution in [0.3, 0.4) is 0 Å². The van der Waals surface area contributed by atoms with Crippen molar-refractivity contribution in [3.63, 3.8) is 0 Å². The molecule has 24 heavy (non-hydrogen) atoms. The lowest BCUT2D eigenvalue weighted by Gasteiger charge is -2.10. The summed E-state index contributed by atoms with van der Waals surface area (Å²) in [5.41, 5.74) is 1.16. The topological polar surface area (TPSA) is 48.2 Å². The van der Waals surface area contributed by atoms with Gasteiger partial charge in [0.05, 0.1) is 5.56 Å². The summed E-state index contributed by atoms with van der Waals surface area (Å²) in [4.78, 5) is 0. The van der Waals surface area contributed by atoms with Gasteiger partial charge in [-0.3, -0.25) is 0 Å². The molecule has 1 aromatic heterocycles. The Morgan fingerprint density at radius 1 is 0.958 bits per heavy atom. The van der Waals surface area contributed by atoms with Crippen molar-refractivity contribution in [2.24, 2.45) is 0 Å². The van der Waals surface area contributed by atoms with Crippen LogP contribution in [0.15, 0.2) is 64.2 Å². The van der Waals surface area contributed by atoms with Crippen molar-refractivity contribution in [3.8, 4) is 17.2 Å². The minimum Gasteiger partial charge on any atom is -0.411 e. The quantitative estimate of drug-likeness (QED) is 0.610. The smallest absolute Gasteiger partial charge is 0.411 e. The van der Waals surface area contributed by atoms with Crippen LogP contribution in [-0.2, 0) is 5.75 Å². The van der Waals surface area contributed by atoms with E-state index in [-0.39, 0.29) is 22.4 Å². The molecule has 0 unspecified atom stereocenters. The number of halogens is 3. The Hall–Kier alpha value is -2.48. The van der Waals surface area contributed by atoms with Crippen LogP contribution in [0.25, 0.3) is 11.5 Å². The van der Waals surface area contributed by atoms with E-state index in [9.17, 15) is 13.2 Å². The van der Waals surface area contributed by atoms with Crippen molar-refractivity contribution < 1.29 is 22.3 Å². The average Bonchev–Trinajstić information content (AvgIpc) is 3.02. The van der Waals surface area contributed by atoms with Gasteiger partial charge in [0, 0.05) is 5.75 Å². The number of nitrogens with zero attached hydrogens (tertiary/aromatic N) is 2. The van der Waals surface area contributed by atoms with Crippen molar-refractivity contribution in [1.82, 2.24) is 10.2 Å². The fourth-order valence-electron chi connectivity index (χ4n) is 1.95. The molecule has 0 saturated heterocycles. The highest BCUT2D eigenvalue weighted by molar-refractivity contribution is 7.98. The number of ether oxygens (including phenoxy) is 1. The number of hydrogen-bond donors (Lipinski definition) is 0. The number of alkyl halides is 3. The predicted octanol–water partition coefficient (Wildman–Crippen LogP) is 4.93. The van der Waals surface area contributed by atoms with Gasteiger partial charge in [-0.15, -0.1) is 23.4 Å². The third-order valence-corrected chi connectivity index (χ3v) is 3.84. The molecular formula is C16H11F3N2O2S. The molecule has 0 amide bonds. The third-order valence-electron chi connectivity index (χ3n) is 2.95. The fourth-order valence-corrected chi connectivity index (χ4v) is 2.67. The molecule has 124 valence electrons. The molecule has 0 aliphatic rings. The Morgan fingerprint density at radius 3 is 2.42 bits per heavy atom. The molecule has 3 rings (SSSR count). The second kappa shape index (κ2) is 6.96. The highest BCUT2D eigenvalue weighted by atomic mass is 32.2. The van der Waals surface area contributed by atoms with Gasteiger partial charge in [-0.2, -0.15) is 0 Å². The average molecular weight is 352 g/mol. The Kier molecular flexibility index (Phi) is 4.75. The van der Waals surface area contributed by atoms with Gasteiger partial charge in [0.25, 0.3) is 11.1 Å². The van der Waals surface area contributed by atoms with E-state index in [2.05, 4.69) is 14.9 Å². The van der Waals surface area contributed by atoms with Gasteiger partial charge < -0.3 is 9.15 Å². The Balaban J connectivity index is 1.76. The van der Waals surface area contributed by atoms with Crippen molar-refractivity contribution in [1.29, 1.82) is 0 Å². The van der Waals surface area contributed by atoms with Crippen LogP contribution in [0.2, 0.25) is 0 Å². The molecule has 1 heterocycles. The molecule has 8 heteroatoms. The molecule has 2 aromatic carbocycles. The number of thioether (sulfide) groups is 1.